The summed E-state index contributed by atoms with van der Waals surface area (Å²) in [4.78, 5) is 0. The summed E-state index contributed by atoms with van der Waals surface area (Å²) in [5.41, 5.74) is 0.977. The zero-order valence-corrected chi connectivity index (χ0v) is 16.4. The lowest BCUT2D eigenvalue weighted by Crippen LogP contribution is -2.02. The van der Waals surface area contributed by atoms with Gasteiger partial charge in [0.15, 0.2) is 0 Å². The van der Waals surface area contributed by atoms with E-state index in [1.165, 1.54) is 0 Å². The molecule has 0 fully saturated rings. The van der Waals surface area contributed by atoms with Crippen LogP contribution >= 0.6 is 7.60 Å². The van der Waals surface area contributed by atoms with Crippen molar-refractivity contribution in [3.05, 3.63) is 54.1 Å². The van der Waals surface area contributed by atoms with E-state index in [2.05, 4.69) is 0 Å². The molecule has 0 N–H and O–H groups in total. The van der Waals surface area contributed by atoms with E-state index in [0.717, 1.165) is 32.9 Å². The number of fused-ring (bicyclic) bond motifs is 2. The summed E-state index contributed by atoms with van der Waals surface area (Å²) >= 11 is 0. The fraction of sp³-hybridized carbons (Fsp3) is 0.333. The zero-order valence-electron chi connectivity index (χ0n) is 15.5. The molecule has 138 valence electrons. The molecule has 0 atom stereocenters. The molecular weight excluding hydrogens is 347 g/mol. The number of benzene rings is 3. The van der Waals surface area contributed by atoms with Crippen molar-refractivity contribution in [1.82, 2.24) is 0 Å². The van der Waals surface area contributed by atoms with Gasteiger partial charge in [0.25, 0.3) is 0 Å². The number of hydrogen-bond donors (Lipinski definition) is 0. The van der Waals surface area contributed by atoms with Crippen LogP contribution in [0.2, 0.25) is 0 Å². The lowest BCUT2D eigenvalue weighted by molar-refractivity contribution is 0.219. The quantitative estimate of drug-likeness (QED) is 0.351. The minimum atomic E-state index is -3.22. The normalized spacial score (nSPS) is 12.0. The van der Waals surface area contributed by atoms with E-state index in [1.807, 2.05) is 69.3 Å². The molecule has 3 aromatic rings. The van der Waals surface area contributed by atoms with Crippen LogP contribution in [-0.2, 0) is 19.8 Å². The molecule has 0 unspecified atom stereocenters. The Morgan fingerprint density at radius 1 is 0.731 bits per heavy atom. The van der Waals surface area contributed by atoms with Gasteiger partial charge in [-0.1, -0.05) is 48.5 Å². The third kappa shape index (κ3) is 3.64. The van der Waals surface area contributed by atoms with Crippen LogP contribution in [0.25, 0.3) is 21.5 Å². The van der Waals surface area contributed by atoms with Gasteiger partial charge in [0.2, 0.25) is 0 Å². The fourth-order valence-electron chi connectivity index (χ4n) is 3.36. The predicted octanol–water partition coefficient (Wildman–Crippen LogP) is 6.16. The maximum Gasteiger partial charge on any atom is 0.335 e. The van der Waals surface area contributed by atoms with Gasteiger partial charge in [-0.05, 0) is 37.1 Å². The van der Waals surface area contributed by atoms with Gasteiger partial charge >= 0.3 is 7.60 Å². The highest BCUT2D eigenvalue weighted by atomic mass is 31.2. The molecule has 0 heterocycles. The molecule has 3 aromatic carbocycles. The van der Waals surface area contributed by atoms with Gasteiger partial charge in [-0.3, -0.25) is 4.57 Å². The first-order valence-electron chi connectivity index (χ1n) is 9.06. The maximum atomic E-state index is 13.2. The van der Waals surface area contributed by atoms with Crippen molar-refractivity contribution in [2.24, 2.45) is 0 Å². The molecule has 0 aliphatic rings. The Morgan fingerprint density at radius 2 is 1.19 bits per heavy atom. The second-order valence-electron chi connectivity index (χ2n) is 5.94. The molecule has 0 spiro atoms. The third-order valence-corrected chi connectivity index (χ3v) is 6.29. The molecule has 0 bridgehead atoms. The summed E-state index contributed by atoms with van der Waals surface area (Å²) in [5.74, 6) is 0.866. The van der Waals surface area contributed by atoms with E-state index >= 15 is 0 Å². The lowest BCUT2D eigenvalue weighted by atomic mass is 9.96. The van der Waals surface area contributed by atoms with Crippen molar-refractivity contribution in [1.29, 1.82) is 0 Å². The Hall–Kier alpha value is -1.87. The van der Waals surface area contributed by atoms with Crippen LogP contribution in [-0.4, -0.2) is 19.8 Å². The molecule has 0 aliphatic carbocycles. The Kier molecular flexibility index (Phi) is 5.98. The first-order chi connectivity index (χ1) is 12.6. The van der Waals surface area contributed by atoms with Crippen molar-refractivity contribution < 1.29 is 18.3 Å². The van der Waals surface area contributed by atoms with E-state index in [0.29, 0.717) is 19.8 Å². The Labute approximate surface area is 154 Å². The summed E-state index contributed by atoms with van der Waals surface area (Å²) in [6.07, 6.45) is 0.238. The van der Waals surface area contributed by atoms with Crippen LogP contribution < -0.4 is 4.74 Å². The largest absolute Gasteiger partial charge is 0.493 e. The highest BCUT2D eigenvalue weighted by molar-refractivity contribution is 7.53. The summed E-state index contributed by atoms with van der Waals surface area (Å²) in [7, 11) is -3.22. The molecule has 0 saturated carbocycles. The van der Waals surface area contributed by atoms with Crippen LogP contribution in [0.3, 0.4) is 0 Å². The van der Waals surface area contributed by atoms with Gasteiger partial charge in [0, 0.05) is 10.8 Å². The topological polar surface area (TPSA) is 44.8 Å². The maximum absolute atomic E-state index is 13.2. The van der Waals surface area contributed by atoms with Gasteiger partial charge in [0.05, 0.1) is 26.0 Å². The van der Waals surface area contributed by atoms with Crippen LogP contribution in [0.5, 0.6) is 5.75 Å². The third-order valence-electron chi connectivity index (χ3n) is 4.29. The lowest BCUT2D eigenvalue weighted by Gasteiger charge is -2.21. The first kappa shape index (κ1) is 18.9. The summed E-state index contributed by atoms with van der Waals surface area (Å²) in [6, 6.07) is 16.1. The fourth-order valence-corrected chi connectivity index (χ4v) is 5.14. The van der Waals surface area contributed by atoms with Crippen LogP contribution in [0.1, 0.15) is 26.3 Å². The highest BCUT2D eigenvalue weighted by Gasteiger charge is 2.27. The first-order valence-corrected chi connectivity index (χ1v) is 10.8. The van der Waals surface area contributed by atoms with Crippen LogP contribution in [0.4, 0.5) is 0 Å². The van der Waals surface area contributed by atoms with Crippen molar-refractivity contribution in [3.63, 3.8) is 0 Å². The highest BCUT2D eigenvalue weighted by Crippen LogP contribution is 2.54. The zero-order chi connectivity index (χ0) is 18.6. The molecule has 3 rings (SSSR count). The smallest absolute Gasteiger partial charge is 0.335 e. The second-order valence-corrected chi connectivity index (χ2v) is 7.99. The molecule has 0 aromatic heterocycles. The Balaban J connectivity index is 2.30. The molecule has 0 radical (unpaired) electrons. The minimum absolute atomic E-state index is 0.238. The van der Waals surface area contributed by atoms with Gasteiger partial charge in [-0.25, -0.2) is 0 Å². The van der Waals surface area contributed by atoms with E-state index < -0.39 is 7.60 Å². The van der Waals surface area contributed by atoms with Crippen molar-refractivity contribution in [3.8, 4) is 5.75 Å². The number of ether oxygens (including phenoxy) is 1. The molecule has 4 nitrogen and oxygen atoms in total. The average molecular weight is 372 g/mol. The Morgan fingerprint density at radius 3 is 1.62 bits per heavy atom. The van der Waals surface area contributed by atoms with Crippen molar-refractivity contribution in [2.45, 2.75) is 26.9 Å². The molecular formula is C21H25O4P. The SMILES string of the molecule is CCOc1c2ccccc2c(CP(=O)(OCC)OCC)c2ccccc12. The van der Waals surface area contributed by atoms with Crippen LogP contribution in [0.15, 0.2) is 48.5 Å². The number of hydrogen-bond acceptors (Lipinski definition) is 4. The number of rotatable bonds is 8. The molecule has 0 saturated heterocycles. The van der Waals surface area contributed by atoms with Crippen LogP contribution in [0, 0.1) is 0 Å². The second kappa shape index (κ2) is 8.22. The molecule has 26 heavy (non-hydrogen) atoms. The van der Waals surface area contributed by atoms with E-state index in [4.69, 9.17) is 13.8 Å². The van der Waals surface area contributed by atoms with Gasteiger partial charge in [-0.2, -0.15) is 0 Å². The van der Waals surface area contributed by atoms with Gasteiger partial charge in [0.1, 0.15) is 5.75 Å². The standard InChI is InChI=1S/C21H25O4P/c1-4-23-21-18-13-9-7-11-16(18)20(17-12-8-10-14-19(17)21)15-26(22,24-5-2)25-6-3/h7-14H,4-6,15H2,1-3H3. The molecule has 0 amide bonds. The average Bonchev–Trinajstić information content (AvgIpc) is 2.65. The monoisotopic (exact) mass is 372 g/mol. The molecule has 0 aliphatic heterocycles. The predicted molar refractivity (Wildman–Crippen MR) is 107 cm³/mol. The van der Waals surface area contributed by atoms with Gasteiger partial charge < -0.3 is 13.8 Å². The summed E-state index contributed by atoms with van der Waals surface area (Å²) in [6.45, 7) is 6.94. The summed E-state index contributed by atoms with van der Waals surface area (Å²) < 4.78 is 30.3. The summed E-state index contributed by atoms with van der Waals surface area (Å²) in [5, 5.41) is 4.08. The van der Waals surface area contributed by atoms with E-state index in [9.17, 15) is 4.57 Å². The van der Waals surface area contributed by atoms with E-state index in [-0.39, 0.29) is 6.16 Å². The van der Waals surface area contributed by atoms with Crippen molar-refractivity contribution in [2.75, 3.05) is 19.8 Å². The minimum Gasteiger partial charge on any atom is -0.493 e. The van der Waals surface area contributed by atoms with Crippen molar-refractivity contribution >= 4 is 29.1 Å². The Bertz CT molecular complexity index is 884. The molecule has 5 heteroatoms. The van der Waals surface area contributed by atoms with Gasteiger partial charge in [-0.15, -0.1) is 0 Å². The van der Waals surface area contributed by atoms with E-state index in [1.54, 1.807) is 0 Å².